The smallest absolute Gasteiger partial charge is 0.400 e. The summed E-state index contributed by atoms with van der Waals surface area (Å²) in [5, 5.41) is 10.9. The van der Waals surface area contributed by atoms with E-state index in [1.807, 2.05) is 27.7 Å². The lowest BCUT2D eigenvalue weighted by Crippen LogP contribution is -2.48. The normalized spacial score (nSPS) is 17.9. The molecule has 0 aliphatic carbocycles. The van der Waals surface area contributed by atoms with Crippen molar-refractivity contribution in [2.24, 2.45) is 22.2 Å². The van der Waals surface area contributed by atoms with Gasteiger partial charge in [-0.2, -0.15) is 13.2 Å². The lowest BCUT2D eigenvalue weighted by Gasteiger charge is -2.37. The molecule has 0 aromatic rings. The van der Waals surface area contributed by atoms with Crippen molar-refractivity contribution in [2.75, 3.05) is 13.6 Å². The van der Waals surface area contributed by atoms with Crippen LogP contribution in [0.3, 0.4) is 0 Å². The zero-order valence-corrected chi connectivity index (χ0v) is 11.4. The number of nitrogens with two attached hydrogens (primary N) is 1. The first-order chi connectivity index (χ1) is 7.91. The number of alkyl halides is 3. The van der Waals surface area contributed by atoms with Gasteiger partial charge in [0.25, 0.3) is 0 Å². The van der Waals surface area contributed by atoms with Gasteiger partial charge in [-0.05, 0) is 19.4 Å². The van der Waals surface area contributed by atoms with E-state index in [2.05, 4.69) is 5.16 Å². The topological polar surface area (TPSA) is 61.8 Å². The maximum Gasteiger partial charge on any atom is 0.400 e. The molecule has 0 bridgehead atoms. The molecule has 0 heterocycles. The van der Waals surface area contributed by atoms with Crippen LogP contribution in [0.4, 0.5) is 13.2 Å². The average molecular weight is 269 g/mol. The minimum absolute atomic E-state index is 0.0751. The number of nitrogens with zero attached hydrogens (tertiary/aromatic N) is 2. The monoisotopic (exact) mass is 269 g/mol. The van der Waals surface area contributed by atoms with Crippen molar-refractivity contribution >= 4 is 5.84 Å². The molecule has 0 spiro atoms. The van der Waals surface area contributed by atoms with Crippen molar-refractivity contribution in [3.05, 3.63) is 0 Å². The Morgan fingerprint density at radius 3 is 2.06 bits per heavy atom. The SMILES string of the molecule is CC(N(C)CC(C(N)=NO)C(F)(F)F)C(C)(C)C. The van der Waals surface area contributed by atoms with E-state index < -0.39 is 17.9 Å². The van der Waals surface area contributed by atoms with Crippen LogP contribution in [0.1, 0.15) is 27.7 Å². The summed E-state index contributed by atoms with van der Waals surface area (Å²) in [6.45, 7) is 7.35. The highest BCUT2D eigenvalue weighted by atomic mass is 19.4. The van der Waals surface area contributed by atoms with E-state index in [0.717, 1.165) is 0 Å². The quantitative estimate of drug-likeness (QED) is 0.356. The summed E-state index contributed by atoms with van der Waals surface area (Å²) in [6, 6.07) is -0.0751. The van der Waals surface area contributed by atoms with Crippen molar-refractivity contribution in [1.29, 1.82) is 0 Å². The Labute approximate surface area is 106 Å². The Bertz CT molecular complexity index is 297. The third kappa shape index (κ3) is 4.72. The van der Waals surface area contributed by atoms with E-state index in [0.29, 0.717) is 0 Å². The molecule has 2 unspecified atom stereocenters. The summed E-state index contributed by atoms with van der Waals surface area (Å²) in [5.74, 6) is -2.77. The molecular formula is C11H22F3N3O. The number of amidine groups is 1. The summed E-state index contributed by atoms with van der Waals surface area (Å²) in [7, 11) is 1.60. The van der Waals surface area contributed by atoms with E-state index in [1.165, 1.54) is 0 Å². The second kappa shape index (κ2) is 5.77. The van der Waals surface area contributed by atoms with Crippen LogP contribution in [0.25, 0.3) is 0 Å². The second-order valence-electron chi connectivity index (χ2n) is 5.60. The first kappa shape index (κ1) is 17.0. The molecule has 3 N–H and O–H groups in total. The molecule has 0 radical (unpaired) electrons. The molecule has 0 fully saturated rings. The first-order valence-corrected chi connectivity index (χ1v) is 5.65. The van der Waals surface area contributed by atoms with Gasteiger partial charge in [0.15, 0.2) is 5.84 Å². The molecule has 0 aliphatic heterocycles. The van der Waals surface area contributed by atoms with Crippen molar-refractivity contribution in [1.82, 2.24) is 4.90 Å². The zero-order chi connectivity index (χ0) is 14.7. The second-order valence-corrected chi connectivity index (χ2v) is 5.60. The average Bonchev–Trinajstić information content (AvgIpc) is 2.20. The molecule has 18 heavy (non-hydrogen) atoms. The van der Waals surface area contributed by atoms with Crippen molar-refractivity contribution < 1.29 is 18.4 Å². The number of hydrogen-bond acceptors (Lipinski definition) is 3. The van der Waals surface area contributed by atoms with Gasteiger partial charge in [-0.15, -0.1) is 0 Å². The van der Waals surface area contributed by atoms with Crippen LogP contribution in [0.2, 0.25) is 0 Å². The molecule has 0 saturated heterocycles. The Morgan fingerprint density at radius 2 is 1.78 bits per heavy atom. The molecule has 108 valence electrons. The predicted molar refractivity (Wildman–Crippen MR) is 64.5 cm³/mol. The zero-order valence-electron chi connectivity index (χ0n) is 11.4. The number of oxime groups is 1. The Kier molecular flexibility index (Phi) is 5.46. The number of hydrogen-bond donors (Lipinski definition) is 2. The van der Waals surface area contributed by atoms with Gasteiger partial charge in [-0.3, -0.25) is 0 Å². The minimum atomic E-state index is -4.53. The highest BCUT2D eigenvalue weighted by Crippen LogP contribution is 2.30. The third-order valence-electron chi connectivity index (χ3n) is 3.25. The van der Waals surface area contributed by atoms with E-state index in [9.17, 15) is 13.2 Å². The molecule has 7 heteroatoms. The van der Waals surface area contributed by atoms with E-state index in [1.54, 1.807) is 11.9 Å². The molecular weight excluding hydrogens is 247 g/mol. The molecule has 0 aliphatic rings. The van der Waals surface area contributed by atoms with Gasteiger partial charge < -0.3 is 15.8 Å². The molecule has 2 atom stereocenters. The lowest BCUT2D eigenvalue weighted by atomic mass is 9.86. The Morgan fingerprint density at radius 1 is 1.33 bits per heavy atom. The van der Waals surface area contributed by atoms with Gasteiger partial charge in [0.2, 0.25) is 0 Å². The van der Waals surface area contributed by atoms with Crippen molar-refractivity contribution in [2.45, 2.75) is 39.9 Å². The van der Waals surface area contributed by atoms with Gasteiger partial charge in [-0.1, -0.05) is 25.9 Å². The Hall–Kier alpha value is -0.980. The fraction of sp³-hybridized carbons (Fsp3) is 0.909. The van der Waals surface area contributed by atoms with Crippen LogP contribution in [-0.4, -0.2) is 41.8 Å². The molecule has 0 saturated carbocycles. The maximum atomic E-state index is 12.8. The standard InChI is InChI=1S/C11H22F3N3O/c1-7(10(2,3)4)17(5)6-8(9(15)16-18)11(12,13)14/h7-8,18H,6H2,1-5H3,(H2,15,16). The molecule has 4 nitrogen and oxygen atoms in total. The van der Waals surface area contributed by atoms with Gasteiger partial charge in [0, 0.05) is 12.6 Å². The summed E-state index contributed by atoms with van der Waals surface area (Å²) in [5.41, 5.74) is 4.96. The van der Waals surface area contributed by atoms with Crippen LogP contribution in [0.15, 0.2) is 5.16 Å². The van der Waals surface area contributed by atoms with Crippen molar-refractivity contribution in [3.63, 3.8) is 0 Å². The largest absolute Gasteiger partial charge is 0.409 e. The van der Waals surface area contributed by atoms with E-state index in [-0.39, 0.29) is 18.0 Å². The summed E-state index contributed by atoms with van der Waals surface area (Å²) >= 11 is 0. The molecule has 0 rings (SSSR count). The highest BCUT2D eigenvalue weighted by Gasteiger charge is 2.44. The Balaban J connectivity index is 4.92. The van der Waals surface area contributed by atoms with Gasteiger partial charge >= 0.3 is 6.18 Å². The van der Waals surface area contributed by atoms with Crippen LogP contribution < -0.4 is 5.73 Å². The minimum Gasteiger partial charge on any atom is -0.409 e. The van der Waals surface area contributed by atoms with Crippen molar-refractivity contribution in [3.8, 4) is 0 Å². The van der Waals surface area contributed by atoms with E-state index in [4.69, 9.17) is 10.9 Å². The first-order valence-electron chi connectivity index (χ1n) is 5.65. The maximum absolute atomic E-state index is 12.8. The third-order valence-corrected chi connectivity index (χ3v) is 3.25. The summed E-state index contributed by atoms with van der Waals surface area (Å²) in [6.07, 6.45) is -4.53. The summed E-state index contributed by atoms with van der Waals surface area (Å²) < 4.78 is 38.3. The fourth-order valence-corrected chi connectivity index (χ4v) is 1.54. The molecule has 0 aromatic carbocycles. The molecule has 0 aromatic heterocycles. The van der Waals surface area contributed by atoms with Crippen LogP contribution in [0.5, 0.6) is 0 Å². The van der Waals surface area contributed by atoms with E-state index >= 15 is 0 Å². The highest BCUT2D eigenvalue weighted by molar-refractivity contribution is 5.83. The van der Waals surface area contributed by atoms with Gasteiger partial charge in [0.1, 0.15) is 5.92 Å². The summed E-state index contributed by atoms with van der Waals surface area (Å²) in [4.78, 5) is 1.57. The van der Waals surface area contributed by atoms with Gasteiger partial charge in [-0.25, -0.2) is 0 Å². The lowest BCUT2D eigenvalue weighted by molar-refractivity contribution is -0.161. The van der Waals surface area contributed by atoms with Crippen LogP contribution in [0, 0.1) is 11.3 Å². The van der Waals surface area contributed by atoms with Crippen LogP contribution in [-0.2, 0) is 0 Å². The number of halogens is 3. The number of rotatable bonds is 4. The fourth-order valence-electron chi connectivity index (χ4n) is 1.54. The van der Waals surface area contributed by atoms with Crippen LogP contribution >= 0.6 is 0 Å². The van der Waals surface area contributed by atoms with Gasteiger partial charge in [0.05, 0.1) is 0 Å². The predicted octanol–water partition coefficient (Wildman–Crippen LogP) is 2.28. The molecule has 0 amide bonds.